The quantitative estimate of drug-likeness (QED) is 0.392. The van der Waals surface area contributed by atoms with Gasteiger partial charge < -0.3 is 20.9 Å². The van der Waals surface area contributed by atoms with E-state index in [0.29, 0.717) is 42.8 Å². The minimum absolute atomic E-state index is 0. The van der Waals surface area contributed by atoms with Crippen molar-refractivity contribution in [2.24, 2.45) is 7.05 Å². The van der Waals surface area contributed by atoms with Crippen LogP contribution in [0.5, 0.6) is 0 Å². The van der Waals surface area contributed by atoms with E-state index in [1.54, 1.807) is 24.6 Å². The molecule has 2 aliphatic rings. The first-order valence-electron chi connectivity index (χ1n) is 12.1. The molecule has 0 aliphatic carbocycles. The third-order valence-corrected chi connectivity index (χ3v) is 6.43. The third kappa shape index (κ3) is 6.73. The molecule has 1 aromatic carbocycles. The van der Waals surface area contributed by atoms with Crippen LogP contribution in [0.2, 0.25) is 0 Å². The zero-order chi connectivity index (χ0) is 26.9. The number of benzene rings is 1. The number of anilines is 2. The van der Waals surface area contributed by atoms with Gasteiger partial charge in [0, 0.05) is 56.9 Å². The molecule has 2 fully saturated rings. The zero-order valence-electron chi connectivity index (χ0n) is 21.8. The first-order chi connectivity index (χ1) is 17.5. The van der Waals surface area contributed by atoms with E-state index in [9.17, 15) is 22.4 Å². The summed E-state index contributed by atoms with van der Waals surface area (Å²) in [5, 5.41) is 12.2. The minimum atomic E-state index is -4.58. The molecule has 12 heteroatoms. The Balaban J connectivity index is 0.000000598. The van der Waals surface area contributed by atoms with Crippen molar-refractivity contribution in [2.45, 2.75) is 39.2 Å². The predicted molar refractivity (Wildman–Crippen MR) is 138 cm³/mol. The topological polar surface area (TPSA) is 78.4 Å². The van der Waals surface area contributed by atoms with Gasteiger partial charge in [-0.2, -0.15) is 13.2 Å². The van der Waals surface area contributed by atoms with Crippen LogP contribution in [0.15, 0.2) is 35.1 Å². The average molecular weight is 607 g/mol. The first kappa shape index (κ1) is 30.5. The standard InChI is InChI=1S/C23H25F3N5O.C3H5FN.Y/c1-13-9-16(15(3)29-19-6-5-14(2)28-21(19)23(24,25)26)17-11-20(31-8-7-27-12-31)30(4)22(32)18(17)10-13;4-3-1-5-2-3;/h5-6,9-11,15,29H,7-8,12H2,1-4H3;3H,1-2H2;/q2*-1;/t15-;;/m1../s1. The number of pyridine rings is 2. The molecule has 2 aliphatic heterocycles. The number of rotatable bonds is 4. The van der Waals surface area contributed by atoms with Crippen LogP contribution in [0.1, 0.15) is 35.5 Å². The Morgan fingerprint density at radius 3 is 2.34 bits per heavy atom. The van der Waals surface area contributed by atoms with Crippen LogP contribution >= 0.6 is 0 Å². The first-order valence-corrected chi connectivity index (χ1v) is 12.1. The molecular weight excluding hydrogens is 577 g/mol. The van der Waals surface area contributed by atoms with E-state index in [-0.39, 0.29) is 44.0 Å². The maximum atomic E-state index is 13.6. The van der Waals surface area contributed by atoms with Gasteiger partial charge in [0.1, 0.15) is 5.82 Å². The molecule has 4 heterocycles. The van der Waals surface area contributed by atoms with Crippen molar-refractivity contribution in [2.75, 3.05) is 43.1 Å². The van der Waals surface area contributed by atoms with Crippen LogP contribution < -0.4 is 15.8 Å². The van der Waals surface area contributed by atoms with E-state index in [1.807, 2.05) is 30.0 Å². The molecule has 1 radical (unpaired) electrons. The fourth-order valence-corrected chi connectivity index (χ4v) is 4.40. The number of nitrogens with one attached hydrogen (secondary N) is 1. The van der Waals surface area contributed by atoms with E-state index in [0.717, 1.165) is 23.5 Å². The number of nitrogens with zero attached hydrogens (tertiary/aromatic N) is 5. The number of hydrogen-bond acceptors (Lipinski definition) is 4. The van der Waals surface area contributed by atoms with Gasteiger partial charge in [0.05, 0.1) is 11.9 Å². The summed E-state index contributed by atoms with van der Waals surface area (Å²) in [6.45, 7) is 8.01. The van der Waals surface area contributed by atoms with Gasteiger partial charge in [0.25, 0.3) is 5.56 Å². The monoisotopic (exact) mass is 607 g/mol. The van der Waals surface area contributed by atoms with Crippen molar-refractivity contribution in [3.05, 3.63) is 73.8 Å². The second kappa shape index (κ2) is 12.4. The van der Waals surface area contributed by atoms with E-state index >= 15 is 0 Å². The maximum absolute atomic E-state index is 13.6. The summed E-state index contributed by atoms with van der Waals surface area (Å²) in [5.74, 6) is 0.744. The SMILES string of the molecule is Cc1cc([C@@H](C)Nc2ccc(C)nc2C(F)(F)F)c2cc(N3CC[N-]C3)n(C)c(=O)c2c1.FC1C[N-]C1.[Y]. The Hall–Kier alpha value is -2.08. The van der Waals surface area contributed by atoms with E-state index in [1.165, 1.54) is 13.0 Å². The third-order valence-electron chi connectivity index (χ3n) is 6.43. The second-order valence-electron chi connectivity index (χ2n) is 9.43. The summed E-state index contributed by atoms with van der Waals surface area (Å²) in [4.78, 5) is 18.9. The molecule has 7 nitrogen and oxygen atoms in total. The van der Waals surface area contributed by atoms with E-state index in [4.69, 9.17) is 0 Å². The summed E-state index contributed by atoms with van der Waals surface area (Å²) in [5.41, 5.74) is 0.725. The Bertz CT molecular complexity index is 1340. The zero-order valence-corrected chi connectivity index (χ0v) is 24.6. The van der Waals surface area contributed by atoms with Crippen LogP contribution in [0, 0.1) is 13.8 Å². The van der Waals surface area contributed by atoms with Gasteiger partial charge in [-0.05, 0) is 68.1 Å². The van der Waals surface area contributed by atoms with Crippen LogP contribution in [0.4, 0.5) is 29.1 Å². The van der Waals surface area contributed by atoms with E-state index < -0.39 is 24.1 Å². The smallest absolute Gasteiger partial charge is 0.435 e. The largest absolute Gasteiger partial charge is 0.658 e. The molecule has 38 heavy (non-hydrogen) atoms. The molecule has 2 saturated heterocycles. The molecule has 5 rings (SSSR count). The molecular formula is C26H30F4N6OY-2. The summed E-state index contributed by atoms with van der Waals surface area (Å²) in [6.07, 6.45) is -5.18. The van der Waals surface area contributed by atoms with Crippen LogP contribution in [-0.4, -0.2) is 48.6 Å². The van der Waals surface area contributed by atoms with Gasteiger partial charge in [-0.25, -0.2) is 4.98 Å². The van der Waals surface area contributed by atoms with Gasteiger partial charge in [-0.1, -0.05) is 12.7 Å². The number of aromatic nitrogens is 2. The number of hydrogen-bond donors (Lipinski definition) is 1. The number of alkyl halides is 4. The Labute approximate surface area is 244 Å². The van der Waals surface area contributed by atoms with Crippen LogP contribution in [-0.2, 0) is 45.9 Å². The van der Waals surface area contributed by atoms with Gasteiger partial charge in [0.2, 0.25) is 0 Å². The molecule has 0 unspecified atom stereocenters. The molecule has 3 aromatic rings. The van der Waals surface area contributed by atoms with E-state index in [2.05, 4.69) is 20.9 Å². The summed E-state index contributed by atoms with van der Waals surface area (Å²) < 4.78 is 53.7. The fourth-order valence-electron chi connectivity index (χ4n) is 4.40. The Morgan fingerprint density at radius 1 is 1.11 bits per heavy atom. The van der Waals surface area contributed by atoms with Gasteiger partial charge in [0.15, 0.2) is 5.69 Å². The Morgan fingerprint density at radius 2 is 1.79 bits per heavy atom. The fraction of sp³-hybridized carbons (Fsp3) is 0.462. The van der Waals surface area contributed by atoms with Gasteiger partial charge >= 0.3 is 6.18 Å². The van der Waals surface area contributed by atoms with Crippen molar-refractivity contribution >= 4 is 22.3 Å². The maximum Gasteiger partial charge on any atom is 0.435 e. The van der Waals surface area contributed by atoms with Crippen molar-refractivity contribution in [3.63, 3.8) is 0 Å². The number of halogens is 4. The summed E-state index contributed by atoms with van der Waals surface area (Å²) >= 11 is 0. The molecule has 203 valence electrons. The molecule has 0 amide bonds. The predicted octanol–water partition coefficient (Wildman–Crippen LogP) is 5.60. The Kier molecular flexibility index (Phi) is 9.94. The molecule has 1 atom stereocenters. The van der Waals surface area contributed by atoms with Crippen LogP contribution in [0.25, 0.3) is 21.4 Å². The van der Waals surface area contributed by atoms with Crippen molar-refractivity contribution in [1.29, 1.82) is 0 Å². The summed E-state index contributed by atoms with van der Waals surface area (Å²) in [7, 11) is 1.73. The molecule has 0 saturated carbocycles. The van der Waals surface area contributed by atoms with Crippen molar-refractivity contribution < 1.29 is 50.3 Å². The normalized spacial score (nSPS) is 16.4. The minimum Gasteiger partial charge on any atom is -0.658 e. The molecule has 0 spiro atoms. The average Bonchev–Trinajstić information content (AvgIpc) is 3.35. The number of aryl methyl sites for hydroxylation is 2. The van der Waals surface area contributed by atoms with Crippen molar-refractivity contribution in [3.8, 4) is 0 Å². The van der Waals surface area contributed by atoms with Gasteiger partial charge in [-0.3, -0.25) is 13.8 Å². The van der Waals surface area contributed by atoms with Gasteiger partial charge in [-0.15, -0.1) is 19.6 Å². The molecule has 0 bridgehead atoms. The molecule has 1 N–H and O–H groups in total. The van der Waals surface area contributed by atoms with Crippen molar-refractivity contribution in [1.82, 2.24) is 9.55 Å². The second-order valence-corrected chi connectivity index (χ2v) is 9.43. The molecule has 2 aromatic heterocycles. The summed E-state index contributed by atoms with van der Waals surface area (Å²) in [6, 6.07) is 8.11. The van der Waals surface area contributed by atoms with Crippen LogP contribution in [0.3, 0.4) is 0 Å². The number of fused-ring (bicyclic) bond motifs is 1.